The summed E-state index contributed by atoms with van der Waals surface area (Å²) in [6.07, 6.45) is 3.98. The highest BCUT2D eigenvalue weighted by atomic mass is 16.5. The van der Waals surface area contributed by atoms with Crippen LogP contribution in [0.3, 0.4) is 0 Å². The van der Waals surface area contributed by atoms with Gasteiger partial charge in [0.05, 0.1) is 33.2 Å². The summed E-state index contributed by atoms with van der Waals surface area (Å²) < 4.78 is 15.5. The summed E-state index contributed by atoms with van der Waals surface area (Å²) >= 11 is 0. The van der Waals surface area contributed by atoms with Crippen molar-refractivity contribution in [2.45, 2.75) is 51.9 Å². The Hall–Kier alpha value is -2.08. The van der Waals surface area contributed by atoms with Gasteiger partial charge in [-0.05, 0) is 62.3 Å². The maximum atomic E-state index is 11.8. The van der Waals surface area contributed by atoms with Crippen LogP contribution in [0.4, 0.5) is 0 Å². The summed E-state index contributed by atoms with van der Waals surface area (Å²) in [5.41, 5.74) is 2.69. The zero-order valence-electron chi connectivity index (χ0n) is 17.4. The highest BCUT2D eigenvalue weighted by molar-refractivity contribution is 5.70. The molecule has 0 saturated heterocycles. The molecule has 0 radical (unpaired) electrons. The van der Waals surface area contributed by atoms with Gasteiger partial charge in [0, 0.05) is 19.6 Å². The quantitative estimate of drug-likeness (QED) is 0.539. The van der Waals surface area contributed by atoms with E-state index in [-0.39, 0.29) is 11.9 Å². The molecule has 2 rings (SSSR count). The molecule has 0 N–H and O–H groups in total. The van der Waals surface area contributed by atoms with Crippen molar-refractivity contribution in [1.82, 2.24) is 4.90 Å². The summed E-state index contributed by atoms with van der Waals surface area (Å²) in [6.45, 7) is 6.35. The minimum Gasteiger partial charge on any atom is -0.497 e. The first-order valence-corrected chi connectivity index (χ1v) is 10.3. The lowest BCUT2D eigenvalue weighted by Crippen LogP contribution is -2.34. The number of fused-ring (bicyclic) bond motifs is 1. The Morgan fingerprint density at radius 2 is 1.71 bits per heavy atom. The van der Waals surface area contributed by atoms with E-state index in [1.807, 2.05) is 19.9 Å². The van der Waals surface area contributed by atoms with Gasteiger partial charge >= 0.3 is 11.9 Å². The van der Waals surface area contributed by atoms with Gasteiger partial charge in [0.2, 0.25) is 0 Å². The predicted octanol–water partition coefficient (Wildman–Crippen LogP) is 3.32. The van der Waals surface area contributed by atoms with Crippen LogP contribution in [0.2, 0.25) is 0 Å². The van der Waals surface area contributed by atoms with Crippen LogP contribution in [0.15, 0.2) is 18.2 Å². The van der Waals surface area contributed by atoms with Gasteiger partial charge < -0.3 is 19.1 Å². The van der Waals surface area contributed by atoms with E-state index >= 15 is 0 Å². The second kappa shape index (κ2) is 11.7. The minimum absolute atomic E-state index is 0.200. The average molecular weight is 392 g/mol. The molecule has 28 heavy (non-hydrogen) atoms. The van der Waals surface area contributed by atoms with E-state index in [0.29, 0.717) is 45.1 Å². The van der Waals surface area contributed by atoms with Crippen LogP contribution < -0.4 is 4.74 Å². The van der Waals surface area contributed by atoms with Crippen LogP contribution >= 0.6 is 0 Å². The van der Waals surface area contributed by atoms with E-state index in [0.717, 1.165) is 31.6 Å². The summed E-state index contributed by atoms with van der Waals surface area (Å²) in [6, 6.07) is 6.30. The lowest BCUT2D eigenvalue weighted by atomic mass is 9.82. The van der Waals surface area contributed by atoms with Gasteiger partial charge in [-0.3, -0.25) is 9.59 Å². The van der Waals surface area contributed by atoms with Crippen molar-refractivity contribution in [3.8, 4) is 5.75 Å². The first kappa shape index (κ1) is 22.2. The minimum atomic E-state index is -0.200. The third-order valence-electron chi connectivity index (χ3n) is 5.15. The van der Waals surface area contributed by atoms with Crippen molar-refractivity contribution < 1.29 is 23.8 Å². The predicted molar refractivity (Wildman–Crippen MR) is 108 cm³/mol. The fourth-order valence-corrected chi connectivity index (χ4v) is 3.76. The second-order valence-electron chi connectivity index (χ2n) is 7.06. The molecule has 1 aliphatic carbocycles. The molecule has 0 aromatic heterocycles. The molecule has 0 heterocycles. The Balaban J connectivity index is 2.06. The van der Waals surface area contributed by atoms with E-state index < -0.39 is 0 Å². The molecule has 156 valence electrons. The third-order valence-corrected chi connectivity index (χ3v) is 5.15. The highest BCUT2D eigenvalue weighted by Gasteiger charge is 2.24. The van der Waals surface area contributed by atoms with Gasteiger partial charge in [0.15, 0.2) is 0 Å². The topological polar surface area (TPSA) is 65.1 Å². The molecule has 1 aromatic rings. The SMILES string of the molecule is CCOC(=O)CCN(CCC(=O)OCC)CC1CCCc2ccc(OC)cc21. The molecule has 0 spiro atoms. The molecular formula is C22H33NO5. The summed E-state index contributed by atoms with van der Waals surface area (Å²) in [7, 11) is 1.69. The van der Waals surface area contributed by atoms with Crippen LogP contribution in [0.5, 0.6) is 5.75 Å². The van der Waals surface area contributed by atoms with Crippen molar-refractivity contribution in [3.63, 3.8) is 0 Å². The number of carbonyl (C=O) groups excluding carboxylic acids is 2. The van der Waals surface area contributed by atoms with E-state index in [9.17, 15) is 9.59 Å². The largest absolute Gasteiger partial charge is 0.497 e. The lowest BCUT2D eigenvalue weighted by molar-refractivity contribution is -0.143. The third kappa shape index (κ3) is 6.82. The fraction of sp³-hybridized carbons (Fsp3) is 0.636. The number of esters is 2. The van der Waals surface area contributed by atoms with Gasteiger partial charge in [-0.25, -0.2) is 0 Å². The normalized spacial score (nSPS) is 15.8. The number of methoxy groups -OCH3 is 1. The smallest absolute Gasteiger partial charge is 0.307 e. The van der Waals surface area contributed by atoms with Crippen LogP contribution in [0, 0.1) is 0 Å². The maximum absolute atomic E-state index is 11.8. The molecule has 0 fully saturated rings. The second-order valence-corrected chi connectivity index (χ2v) is 7.06. The molecule has 0 saturated carbocycles. The Bertz CT molecular complexity index is 624. The van der Waals surface area contributed by atoms with Crippen molar-refractivity contribution in [2.75, 3.05) is 40.0 Å². The zero-order valence-corrected chi connectivity index (χ0v) is 17.4. The number of hydrogen-bond acceptors (Lipinski definition) is 6. The number of carbonyl (C=O) groups is 2. The fourth-order valence-electron chi connectivity index (χ4n) is 3.76. The van der Waals surface area contributed by atoms with E-state index in [1.165, 1.54) is 11.1 Å². The lowest BCUT2D eigenvalue weighted by Gasteiger charge is -2.31. The zero-order chi connectivity index (χ0) is 20.4. The van der Waals surface area contributed by atoms with Crippen LogP contribution in [-0.2, 0) is 25.5 Å². The molecule has 0 bridgehead atoms. The summed E-state index contributed by atoms with van der Waals surface area (Å²) in [4.78, 5) is 25.8. The molecule has 1 atom stereocenters. The molecule has 1 aromatic carbocycles. The van der Waals surface area contributed by atoms with Crippen LogP contribution in [0.1, 0.15) is 56.6 Å². The number of nitrogens with zero attached hydrogens (tertiary/aromatic N) is 1. The molecule has 6 nitrogen and oxygen atoms in total. The first-order valence-electron chi connectivity index (χ1n) is 10.3. The van der Waals surface area contributed by atoms with E-state index in [1.54, 1.807) is 7.11 Å². The van der Waals surface area contributed by atoms with Crippen molar-refractivity contribution in [1.29, 1.82) is 0 Å². The Morgan fingerprint density at radius 3 is 2.29 bits per heavy atom. The summed E-state index contributed by atoms with van der Waals surface area (Å²) in [5.74, 6) is 0.835. The number of aryl methyl sites for hydroxylation is 1. The Kier molecular flexibility index (Phi) is 9.28. The van der Waals surface area contributed by atoms with Crippen LogP contribution in [-0.4, -0.2) is 56.8 Å². The molecule has 0 amide bonds. The molecule has 0 aliphatic heterocycles. The van der Waals surface area contributed by atoms with Gasteiger partial charge in [-0.2, -0.15) is 0 Å². The monoisotopic (exact) mass is 391 g/mol. The van der Waals surface area contributed by atoms with Gasteiger partial charge in [-0.1, -0.05) is 6.07 Å². The Morgan fingerprint density at radius 1 is 1.07 bits per heavy atom. The van der Waals surface area contributed by atoms with Crippen LogP contribution in [0.25, 0.3) is 0 Å². The molecule has 1 unspecified atom stereocenters. The molecular weight excluding hydrogens is 358 g/mol. The summed E-state index contributed by atoms with van der Waals surface area (Å²) in [5, 5.41) is 0. The Labute approximate surface area is 168 Å². The van der Waals surface area contributed by atoms with E-state index in [2.05, 4.69) is 17.0 Å². The van der Waals surface area contributed by atoms with E-state index in [4.69, 9.17) is 14.2 Å². The van der Waals surface area contributed by atoms with Crippen molar-refractivity contribution in [3.05, 3.63) is 29.3 Å². The number of ether oxygens (including phenoxy) is 3. The average Bonchev–Trinajstić information content (AvgIpc) is 2.70. The number of hydrogen-bond donors (Lipinski definition) is 0. The highest BCUT2D eigenvalue weighted by Crippen LogP contribution is 2.34. The number of rotatable bonds is 11. The van der Waals surface area contributed by atoms with Gasteiger partial charge in [-0.15, -0.1) is 0 Å². The number of benzene rings is 1. The molecule has 1 aliphatic rings. The van der Waals surface area contributed by atoms with Crippen molar-refractivity contribution in [2.24, 2.45) is 0 Å². The molecule has 6 heteroatoms. The maximum Gasteiger partial charge on any atom is 0.307 e. The van der Waals surface area contributed by atoms with Crippen molar-refractivity contribution >= 4 is 11.9 Å². The first-order chi connectivity index (χ1) is 13.6. The van der Waals surface area contributed by atoms with Gasteiger partial charge in [0.1, 0.15) is 5.75 Å². The van der Waals surface area contributed by atoms with Gasteiger partial charge in [0.25, 0.3) is 0 Å². The standard InChI is InChI=1S/C22H33NO5/c1-4-27-21(24)11-13-23(14-12-22(25)28-5-2)16-18-8-6-7-17-9-10-19(26-3)15-20(17)18/h9-10,15,18H,4-8,11-14,16H2,1-3H3.